The van der Waals surface area contributed by atoms with Crippen LogP contribution in [0.5, 0.6) is 0 Å². The van der Waals surface area contributed by atoms with Gasteiger partial charge in [0.15, 0.2) is 0 Å². The highest BCUT2D eigenvalue weighted by Crippen LogP contribution is 2.05. The highest BCUT2D eigenvalue weighted by molar-refractivity contribution is 5.94. The van der Waals surface area contributed by atoms with Crippen molar-refractivity contribution in [3.8, 4) is 0 Å². The fourth-order valence-corrected chi connectivity index (χ4v) is 1.20. The molecule has 1 heterocycles. The molecule has 0 aliphatic heterocycles. The van der Waals surface area contributed by atoms with Crippen LogP contribution in [0, 0.1) is 6.92 Å². The number of carbonyl (C=O) groups is 1. The van der Waals surface area contributed by atoms with E-state index >= 15 is 0 Å². The summed E-state index contributed by atoms with van der Waals surface area (Å²) in [6.07, 6.45) is 1.57. The minimum Gasteiger partial charge on any atom is -0.323 e. The second-order valence-corrected chi connectivity index (χ2v) is 3.61. The van der Waals surface area contributed by atoms with Gasteiger partial charge in [-0.15, -0.1) is 0 Å². The molecule has 1 unspecified atom stereocenters. The molecule has 1 amide bonds. The SMILES string of the molecule is Cc1cc(NC(=O)C(C)N)cn(C)c1=O. The second-order valence-electron chi connectivity index (χ2n) is 3.61. The van der Waals surface area contributed by atoms with Gasteiger partial charge in [0.05, 0.1) is 11.7 Å². The molecule has 0 aliphatic carbocycles. The summed E-state index contributed by atoms with van der Waals surface area (Å²) in [6.45, 7) is 3.30. The topological polar surface area (TPSA) is 77.1 Å². The van der Waals surface area contributed by atoms with Crippen LogP contribution in [-0.4, -0.2) is 16.5 Å². The summed E-state index contributed by atoms with van der Waals surface area (Å²) >= 11 is 0. The molecule has 0 saturated carbocycles. The Kier molecular flexibility index (Phi) is 3.26. The van der Waals surface area contributed by atoms with Gasteiger partial charge in [0, 0.05) is 18.8 Å². The summed E-state index contributed by atoms with van der Waals surface area (Å²) in [5.41, 5.74) is 6.50. The van der Waals surface area contributed by atoms with Crippen LogP contribution in [0.15, 0.2) is 17.1 Å². The van der Waals surface area contributed by atoms with Gasteiger partial charge in [0.2, 0.25) is 5.91 Å². The molecule has 0 fully saturated rings. The maximum atomic E-state index is 11.4. The lowest BCUT2D eigenvalue weighted by atomic mass is 10.2. The van der Waals surface area contributed by atoms with Crippen molar-refractivity contribution in [1.29, 1.82) is 0 Å². The van der Waals surface area contributed by atoms with Crippen molar-refractivity contribution in [1.82, 2.24) is 4.57 Å². The molecule has 1 aromatic heterocycles. The molecule has 0 aliphatic rings. The largest absolute Gasteiger partial charge is 0.323 e. The molecular formula is C10H15N3O2. The lowest BCUT2D eigenvalue weighted by molar-refractivity contribution is -0.117. The fraction of sp³-hybridized carbons (Fsp3) is 0.400. The first kappa shape index (κ1) is 11.5. The van der Waals surface area contributed by atoms with Crippen LogP contribution in [0.2, 0.25) is 0 Å². The molecule has 0 radical (unpaired) electrons. The third-order valence-corrected chi connectivity index (χ3v) is 2.04. The van der Waals surface area contributed by atoms with Crippen LogP contribution in [-0.2, 0) is 11.8 Å². The number of pyridine rings is 1. The number of amides is 1. The molecule has 1 rings (SSSR count). The molecule has 82 valence electrons. The summed E-state index contributed by atoms with van der Waals surface area (Å²) < 4.78 is 1.42. The Labute approximate surface area is 87.9 Å². The number of carbonyl (C=O) groups excluding carboxylic acids is 1. The summed E-state index contributed by atoms with van der Waals surface area (Å²) in [5.74, 6) is -0.270. The molecule has 0 bridgehead atoms. The minimum absolute atomic E-state index is 0.0752. The standard InChI is InChI=1S/C10H15N3O2/c1-6-4-8(5-13(3)10(6)15)12-9(14)7(2)11/h4-5,7H,11H2,1-3H3,(H,12,14). The average Bonchev–Trinajstić information content (AvgIpc) is 2.13. The smallest absolute Gasteiger partial charge is 0.253 e. The van der Waals surface area contributed by atoms with Crippen LogP contribution >= 0.6 is 0 Å². The molecule has 3 N–H and O–H groups in total. The highest BCUT2D eigenvalue weighted by Gasteiger charge is 2.08. The van der Waals surface area contributed by atoms with E-state index in [4.69, 9.17) is 5.73 Å². The Morgan fingerprint density at radius 3 is 2.67 bits per heavy atom. The van der Waals surface area contributed by atoms with Crippen molar-refractivity contribution >= 4 is 11.6 Å². The summed E-state index contributed by atoms with van der Waals surface area (Å²) in [6, 6.07) is 1.06. The van der Waals surface area contributed by atoms with Crippen molar-refractivity contribution in [2.45, 2.75) is 19.9 Å². The average molecular weight is 209 g/mol. The Morgan fingerprint density at radius 2 is 2.20 bits per heavy atom. The van der Waals surface area contributed by atoms with E-state index in [1.807, 2.05) is 0 Å². The maximum Gasteiger partial charge on any atom is 0.253 e. The molecule has 1 aromatic rings. The van der Waals surface area contributed by atoms with E-state index < -0.39 is 6.04 Å². The van der Waals surface area contributed by atoms with Gasteiger partial charge in [0.25, 0.3) is 5.56 Å². The Morgan fingerprint density at radius 1 is 1.60 bits per heavy atom. The number of nitrogens with two attached hydrogens (primary N) is 1. The monoisotopic (exact) mass is 209 g/mol. The highest BCUT2D eigenvalue weighted by atomic mass is 16.2. The quantitative estimate of drug-likeness (QED) is 0.718. The Hall–Kier alpha value is -1.62. The molecule has 0 aromatic carbocycles. The van der Waals surface area contributed by atoms with E-state index in [2.05, 4.69) is 5.32 Å². The van der Waals surface area contributed by atoms with E-state index in [-0.39, 0.29) is 11.5 Å². The number of nitrogens with one attached hydrogen (secondary N) is 1. The molecule has 5 heteroatoms. The van der Waals surface area contributed by atoms with Crippen molar-refractivity contribution in [2.24, 2.45) is 12.8 Å². The predicted molar refractivity (Wildman–Crippen MR) is 58.7 cm³/mol. The fourth-order valence-electron chi connectivity index (χ4n) is 1.20. The lowest BCUT2D eigenvalue weighted by Crippen LogP contribution is -2.33. The van der Waals surface area contributed by atoms with E-state index in [1.165, 1.54) is 4.57 Å². The first-order chi connectivity index (χ1) is 6.91. The number of nitrogens with zero attached hydrogens (tertiary/aromatic N) is 1. The summed E-state index contributed by atoms with van der Waals surface area (Å²) in [4.78, 5) is 22.7. The van der Waals surface area contributed by atoms with Gasteiger partial charge < -0.3 is 15.6 Å². The number of rotatable bonds is 2. The van der Waals surface area contributed by atoms with Gasteiger partial charge in [-0.1, -0.05) is 0 Å². The summed E-state index contributed by atoms with van der Waals surface area (Å²) in [5, 5.41) is 2.63. The number of anilines is 1. The second kappa shape index (κ2) is 4.27. The molecule has 5 nitrogen and oxygen atoms in total. The molecule has 1 atom stereocenters. The number of hydrogen-bond donors (Lipinski definition) is 2. The van der Waals surface area contributed by atoms with Gasteiger partial charge in [-0.25, -0.2) is 0 Å². The van der Waals surface area contributed by atoms with Crippen LogP contribution < -0.4 is 16.6 Å². The normalized spacial score (nSPS) is 12.3. The first-order valence-corrected chi connectivity index (χ1v) is 4.65. The van der Waals surface area contributed by atoms with E-state index in [1.54, 1.807) is 33.2 Å². The molecular weight excluding hydrogens is 194 g/mol. The zero-order chi connectivity index (χ0) is 11.6. The summed E-state index contributed by atoms with van der Waals surface area (Å²) in [7, 11) is 1.64. The van der Waals surface area contributed by atoms with Crippen molar-refractivity contribution in [2.75, 3.05) is 5.32 Å². The van der Waals surface area contributed by atoms with Crippen molar-refractivity contribution in [3.63, 3.8) is 0 Å². The van der Waals surface area contributed by atoms with Crippen LogP contribution in [0.25, 0.3) is 0 Å². The van der Waals surface area contributed by atoms with Gasteiger partial charge >= 0.3 is 0 Å². The zero-order valence-corrected chi connectivity index (χ0v) is 9.07. The predicted octanol–water partition coefficient (Wildman–Crippen LogP) is -0.0206. The third kappa shape index (κ3) is 2.66. The number of hydrogen-bond acceptors (Lipinski definition) is 3. The third-order valence-electron chi connectivity index (χ3n) is 2.04. The number of aromatic nitrogens is 1. The van der Waals surface area contributed by atoms with Crippen molar-refractivity contribution < 1.29 is 4.79 Å². The lowest BCUT2D eigenvalue weighted by Gasteiger charge is -2.09. The van der Waals surface area contributed by atoms with E-state index in [0.717, 1.165) is 0 Å². The van der Waals surface area contributed by atoms with E-state index in [0.29, 0.717) is 11.3 Å². The Bertz CT molecular complexity index is 409. The zero-order valence-electron chi connectivity index (χ0n) is 9.07. The Balaban J connectivity index is 2.98. The minimum atomic E-state index is -0.567. The van der Waals surface area contributed by atoms with E-state index in [9.17, 15) is 9.59 Å². The number of aryl methyl sites for hydroxylation is 2. The molecule has 15 heavy (non-hydrogen) atoms. The molecule has 0 saturated heterocycles. The van der Waals surface area contributed by atoms with Crippen LogP contribution in [0.4, 0.5) is 5.69 Å². The van der Waals surface area contributed by atoms with Crippen LogP contribution in [0.1, 0.15) is 12.5 Å². The van der Waals surface area contributed by atoms with Crippen LogP contribution in [0.3, 0.4) is 0 Å². The first-order valence-electron chi connectivity index (χ1n) is 4.65. The van der Waals surface area contributed by atoms with Gasteiger partial charge in [0.1, 0.15) is 0 Å². The van der Waals surface area contributed by atoms with Gasteiger partial charge in [-0.05, 0) is 19.9 Å². The molecule has 0 spiro atoms. The maximum absolute atomic E-state index is 11.4. The van der Waals surface area contributed by atoms with Gasteiger partial charge in [-0.3, -0.25) is 9.59 Å². The van der Waals surface area contributed by atoms with Crippen molar-refractivity contribution in [3.05, 3.63) is 28.2 Å². The van der Waals surface area contributed by atoms with Gasteiger partial charge in [-0.2, -0.15) is 0 Å².